The van der Waals surface area contributed by atoms with Crippen LogP contribution in [0.15, 0.2) is 18.2 Å². The van der Waals surface area contributed by atoms with E-state index in [9.17, 15) is 9.59 Å². The maximum Gasteiger partial charge on any atom is 0.326 e. The maximum absolute atomic E-state index is 12.0. The van der Waals surface area contributed by atoms with E-state index in [1.54, 1.807) is 25.1 Å². The molecule has 1 unspecified atom stereocenters. The quantitative estimate of drug-likeness (QED) is 0.873. The summed E-state index contributed by atoms with van der Waals surface area (Å²) in [5.41, 5.74) is 1.20. The highest BCUT2D eigenvalue weighted by molar-refractivity contribution is 6.31. The number of carboxylic acids is 1. The molecule has 0 aliphatic heterocycles. The molecule has 19 heavy (non-hydrogen) atoms. The number of amides is 1. The molecule has 0 heterocycles. The van der Waals surface area contributed by atoms with Gasteiger partial charge >= 0.3 is 5.97 Å². The molecule has 0 fully saturated rings. The Morgan fingerprint density at radius 3 is 2.47 bits per heavy atom. The summed E-state index contributed by atoms with van der Waals surface area (Å²) in [6.07, 6.45) is 0.396. The molecule has 0 aromatic heterocycles. The van der Waals surface area contributed by atoms with Gasteiger partial charge in [-0.25, -0.2) is 4.79 Å². The minimum Gasteiger partial charge on any atom is -0.480 e. The first kappa shape index (κ1) is 15.5. The van der Waals surface area contributed by atoms with Crippen molar-refractivity contribution in [2.45, 2.75) is 33.2 Å². The van der Waals surface area contributed by atoms with Crippen LogP contribution in [0.25, 0.3) is 0 Å². The van der Waals surface area contributed by atoms with Gasteiger partial charge in [0.15, 0.2) is 0 Å². The summed E-state index contributed by atoms with van der Waals surface area (Å²) >= 11 is 5.88. The number of hydrogen-bond donors (Lipinski definition) is 2. The molecule has 2 N–H and O–H groups in total. The van der Waals surface area contributed by atoms with Crippen LogP contribution in [-0.4, -0.2) is 23.0 Å². The molecule has 1 amide bonds. The van der Waals surface area contributed by atoms with Gasteiger partial charge in [0, 0.05) is 10.6 Å². The van der Waals surface area contributed by atoms with Crippen LogP contribution in [0.4, 0.5) is 0 Å². The number of rotatable bonds is 5. The maximum atomic E-state index is 12.0. The first-order valence-electron chi connectivity index (χ1n) is 6.11. The van der Waals surface area contributed by atoms with Crippen molar-refractivity contribution in [1.82, 2.24) is 5.32 Å². The molecule has 0 aliphatic rings. The number of carbonyl (C=O) groups excluding carboxylic acids is 1. The van der Waals surface area contributed by atoms with Gasteiger partial charge in [-0.2, -0.15) is 0 Å². The van der Waals surface area contributed by atoms with Crippen molar-refractivity contribution in [3.8, 4) is 0 Å². The SMILES string of the molecule is Cc1cc(C(=O)NC(CC(C)C)C(=O)O)ccc1Cl. The first-order chi connectivity index (χ1) is 8.81. The van der Waals surface area contributed by atoms with Gasteiger partial charge in [-0.1, -0.05) is 25.4 Å². The molecular formula is C14H18ClNO3. The third-order valence-corrected chi connectivity index (χ3v) is 3.15. The standard InChI is InChI=1S/C14H18ClNO3/c1-8(2)6-12(14(18)19)16-13(17)10-4-5-11(15)9(3)7-10/h4-5,7-8,12H,6H2,1-3H3,(H,16,17)(H,18,19). The van der Waals surface area contributed by atoms with E-state index in [-0.39, 0.29) is 5.92 Å². The highest BCUT2D eigenvalue weighted by Crippen LogP contribution is 2.16. The Labute approximate surface area is 117 Å². The zero-order chi connectivity index (χ0) is 14.6. The van der Waals surface area contributed by atoms with Gasteiger partial charge in [0.1, 0.15) is 6.04 Å². The van der Waals surface area contributed by atoms with Crippen LogP contribution < -0.4 is 5.32 Å². The van der Waals surface area contributed by atoms with Crippen LogP contribution >= 0.6 is 11.6 Å². The summed E-state index contributed by atoms with van der Waals surface area (Å²) in [6.45, 7) is 5.62. The summed E-state index contributed by atoms with van der Waals surface area (Å²) in [6, 6.07) is 3.98. The molecule has 1 rings (SSSR count). The zero-order valence-corrected chi connectivity index (χ0v) is 12.0. The van der Waals surface area contributed by atoms with Gasteiger partial charge in [0.25, 0.3) is 5.91 Å². The third-order valence-electron chi connectivity index (χ3n) is 2.73. The van der Waals surface area contributed by atoms with Crippen LogP contribution in [0.2, 0.25) is 5.02 Å². The lowest BCUT2D eigenvalue weighted by Gasteiger charge is -2.16. The van der Waals surface area contributed by atoms with Gasteiger partial charge in [-0.15, -0.1) is 0 Å². The van der Waals surface area contributed by atoms with Crippen molar-refractivity contribution < 1.29 is 14.7 Å². The van der Waals surface area contributed by atoms with Crippen molar-refractivity contribution in [3.05, 3.63) is 34.3 Å². The van der Waals surface area contributed by atoms with E-state index in [2.05, 4.69) is 5.32 Å². The molecule has 0 bridgehead atoms. The Morgan fingerprint density at radius 1 is 1.37 bits per heavy atom. The smallest absolute Gasteiger partial charge is 0.326 e. The average Bonchev–Trinajstić information content (AvgIpc) is 2.31. The molecule has 4 nitrogen and oxygen atoms in total. The molecule has 1 aromatic rings. The normalized spacial score (nSPS) is 12.3. The van der Waals surface area contributed by atoms with E-state index in [1.807, 2.05) is 13.8 Å². The van der Waals surface area contributed by atoms with Gasteiger partial charge in [-0.3, -0.25) is 4.79 Å². The van der Waals surface area contributed by atoms with Crippen LogP contribution in [0.3, 0.4) is 0 Å². The summed E-state index contributed by atoms with van der Waals surface area (Å²) in [7, 11) is 0. The van der Waals surface area contributed by atoms with E-state index in [0.29, 0.717) is 17.0 Å². The highest BCUT2D eigenvalue weighted by Gasteiger charge is 2.21. The van der Waals surface area contributed by atoms with Crippen LogP contribution in [-0.2, 0) is 4.79 Å². The molecule has 5 heteroatoms. The number of benzene rings is 1. The fourth-order valence-electron chi connectivity index (χ4n) is 1.72. The zero-order valence-electron chi connectivity index (χ0n) is 11.2. The second-order valence-corrected chi connectivity index (χ2v) is 5.36. The first-order valence-corrected chi connectivity index (χ1v) is 6.49. The van der Waals surface area contributed by atoms with Crippen molar-refractivity contribution in [1.29, 1.82) is 0 Å². The van der Waals surface area contributed by atoms with Gasteiger partial charge in [0.2, 0.25) is 0 Å². The molecule has 0 spiro atoms. The minimum absolute atomic E-state index is 0.188. The molecule has 104 valence electrons. The average molecular weight is 284 g/mol. The predicted molar refractivity (Wildman–Crippen MR) is 74.5 cm³/mol. The third kappa shape index (κ3) is 4.56. The van der Waals surface area contributed by atoms with Crippen molar-refractivity contribution in [2.75, 3.05) is 0 Å². The number of nitrogens with one attached hydrogen (secondary N) is 1. The van der Waals surface area contributed by atoms with Gasteiger partial charge < -0.3 is 10.4 Å². The largest absolute Gasteiger partial charge is 0.480 e. The Morgan fingerprint density at radius 2 is 2.00 bits per heavy atom. The summed E-state index contributed by atoms with van der Waals surface area (Å²) in [4.78, 5) is 23.1. The number of carboxylic acid groups (broad SMARTS) is 1. The Kier molecular flexibility index (Phi) is 5.36. The predicted octanol–water partition coefficient (Wildman–Crippen LogP) is 2.88. The Hall–Kier alpha value is -1.55. The minimum atomic E-state index is -1.02. The lowest BCUT2D eigenvalue weighted by atomic mass is 10.0. The van der Waals surface area contributed by atoms with Gasteiger partial charge in [-0.05, 0) is 43.0 Å². The summed E-state index contributed by atoms with van der Waals surface area (Å²) in [5.74, 6) is -1.23. The number of halogens is 1. The number of hydrogen-bond acceptors (Lipinski definition) is 2. The van der Waals surface area contributed by atoms with E-state index in [4.69, 9.17) is 16.7 Å². The number of aliphatic carboxylic acids is 1. The van der Waals surface area contributed by atoms with E-state index in [1.165, 1.54) is 0 Å². The summed E-state index contributed by atoms with van der Waals surface area (Å²) in [5, 5.41) is 12.2. The highest BCUT2D eigenvalue weighted by atomic mass is 35.5. The van der Waals surface area contributed by atoms with Crippen LogP contribution in [0.5, 0.6) is 0 Å². The lowest BCUT2D eigenvalue weighted by molar-refractivity contribution is -0.139. The fourth-order valence-corrected chi connectivity index (χ4v) is 1.84. The summed E-state index contributed by atoms with van der Waals surface area (Å²) < 4.78 is 0. The van der Waals surface area contributed by atoms with Crippen molar-refractivity contribution >= 4 is 23.5 Å². The molecule has 0 saturated carbocycles. The second kappa shape index (κ2) is 6.57. The number of carbonyl (C=O) groups is 2. The molecule has 1 atom stereocenters. The monoisotopic (exact) mass is 283 g/mol. The topological polar surface area (TPSA) is 66.4 Å². The van der Waals surface area contributed by atoms with Crippen molar-refractivity contribution in [2.24, 2.45) is 5.92 Å². The van der Waals surface area contributed by atoms with Gasteiger partial charge in [0.05, 0.1) is 0 Å². The lowest BCUT2D eigenvalue weighted by Crippen LogP contribution is -2.41. The second-order valence-electron chi connectivity index (χ2n) is 4.96. The Balaban J connectivity index is 2.81. The molecule has 0 radical (unpaired) electrons. The number of aryl methyl sites for hydroxylation is 1. The van der Waals surface area contributed by atoms with E-state index in [0.717, 1.165) is 5.56 Å². The molecule has 0 saturated heterocycles. The van der Waals surface area contributed by atoms with Crippen molar-refractivity contribution in [3.63, 3.8) is 0 Å². The van der Waals surface area contributed by atoms with E-state index >= 15 is 0 Å². The molecule has 1 aromatic carbocycles. The Bertz CT molecular complexity index is 486. The van der Waals surface area contributed by atoms with Crippen LogP contribution in [0.1, 0.15) is 36.2 Å². The molecular weight excluding hydrogens is 266 g/mol. The van der Waals surface area contributed by atoms with E-state index < -0.39 is 17.9 Å². The molecule has 0 aliphatic carbocycles. The van der Waals surface area contributed by atoms with Crippen LogP contribution in [0, 0.1) is 12.8 Å². The fraction of sp³-hybridized carbons (Fsp3) is 0.429.